The van der Waals surface area contributed by atoms with Crippen LogP contribution in [-0.2, 0) is 4.79 Å². The van der Waals surface area contributed by atoms with Gasteiger partial charge in [-0.3, -0.25) is 4.79 Å². The number of para-hydroxylation sites is 1. The van der Waals surface area contributed by atoms with Crippen molar-refractivity contribution >= 4 is 17.7 Å². The molecule has 0 radical (unpaired) electrons. The first-order chi connectivity index (χ1) is 12.2. The van der Waals surface area contributed by atoms with E-state index in [4.69, 9.17) is 9.47 Å². The van der Waals surface area contributed by atoms with Crippen LogP contribution in [0.1, 0.15) is 18.9 Å². The van der Waals surface area contributed by atoms with Crippen molar-refractivity contribution in [3.63, 3.8) is 0 Å². The highest BCUT2D eigenvalue weighted by molar-refractivity contribution is 6.09. The molecule has 0 bridgehead atoms. The smallest absolute Gasteiger partial charge is 0.266 e. The van der Waals surface area contributed by atoms with Crippen molar-refractivity contribution in [2.45, 2.75) is 13.3 Å². The second-order valence-corrected chi connectivity index (χ2v) is 5.24. The Bertz CT molecular complexity index is 807. The summed E-state index contributed by atoms with van der Waals surface area (Å²) in [6.07, 6.45) is 2.40. The molecule has 0 saturated heterocycles. The molecule has 0 aliphatic rings. The summed E-state index contributed by atoms with van der Waals surface area (Å²) >= 11 is 0. The van der Waals surface area contributed by atoms with E-state index in [1.54, 1.807) is 37.4 Å². The van der Waals surface area contributed by atoms with Gasteiger partial charge in [0.05, 0.1) is 13.7 Å². The van der Waals surface area contributed by atoms with E-state index in [9.17, 15) is 10.1 Å². The average molecular weight is 336 g/mol. The van der Waals surface area contributed by atoms with Crippen molar-refractivity contribution in [1.82, 2.24) is 0 Å². The predicted molar refractivity (Wildman–Crippen MR) is 97.4 cm³/mol. The molecule has 5 heteroatoms. The number of ether oxygens (including phenoxy) is 2. The molecule has 0 aliphatic heterocycles. The summed E-state index contributed by atoms with van der Waals surface area (Å²) in [7, 11) is 1.55. The van der Waals surface area contributed by atoms with Gasteiger partial charge < -0.3 is 14.8 Å². The topological polar surface area (TPSA) is 71.3 Å². The minimum atomic E-state index is -0.485. The van der Waals surface area contributed by atoms with E-state index in [0.29, 0.717) is 29.4 Å². The van der Waals surface area contributed by atoms with Crippen LogP contribution < -0.4 is 14.8 Å². The molecule has 2 aromatic carbocycles. The minimum absolute atomic E-state index is 0.00429. The number of methoxy groups -OCH3 is 1. The number of nitrogens with zero attached hydrogens (tertiary/aromatic N) is 1. The molecule has 0 saturated carbocycles. The van der Waals surface area contributed by atoms with Gasteiger partial charge in [-0.2, -0.15) is 5.26 Å². The van der Waals surface area contributed by atoms with Crippen LogP contribution in [0.25, 0.3) is 6.08 Å². The van der Waals surface area contributed by atoms with E-state index in [1.807, 2.05) is 31.2 Å². The molecule has 0 heterocycles. The number of nitrogens with one attached hydrogen (secondary N) is 1. The Balaban J connectivity index is 2.22. The van der Waals surface area contributed by atoms with Gasteiger partial charge in [0.25, 0.3) is 5.91 Å². The van der Waals surface area contributed by atoms with Crippen LogP contribution in [0.3, 0.4) is 0 Å². The van der Waals surface area contributed by atoms with Crippen molar-refractivity contribution in [2.75, 3.05) is 19.0 Å². The summed E-state index contributed by atoms with van der Waals surface area (Å²) < 4.78 is 10.8. The first-order valence-corrected chi connectivity index (χ1v) is 7.97. The summed E-state index contributed by atoms with van der Waals surface area (Å²) in [6.45, 7) is 2.59. The lowest BCUT2D eigenvalue weighted by atomic mass is 10.1. The summed E-state index contributed by atoms with van der Waals surface area (Å²) in [5, 5.41) is 12.1. The van der Waals surface area contributed by atoms with Crippen LogP contribution in [0, 0.1) is 11.3 Å². The molecule has 0 unspecified atom stereocenters. The Morgan fingerprint density at radius 2 is 2.04 bits per heavy atom. The van der Waals surface area contributed by atoms with Crippen LogP contribution in [0.15, 0.2) is 54.1 Å². The number of amides is 1. The first kappa shape index (κ1) is 18.1. The Morgan fingerprint density at radius 3 is 2.76 bits per heavy atom. The lowest BCUT2D eigenvalue weighted by Gasteiger charge is -2.09. The quantitative estimate of drug-likeness (QED) is 0.612. The Morgan fingerprint density at radius 1 is 1.24 bits per heavy atom. The Labute approximate surface area is 147 Å². The van der Waals surface area contributed by atoms with Gasteiger partial charge in [0.2, 0.25) is 0 Å². The fourth-order valence-corrected chi connectivity index (χ4v) is 2.15. The van der Waals surface area contributed by atoms with Gasteiger partial charge in [-0.15, -0.1) is 0 Å². The number of hydrogen-bond acceptors (Lipinski definition) is 4. The van der Waals surface area contributed by atoms with Gasteiger partial charge >= 0.3 is 0 Å². The molecule has 1 amide bonds. The highest BCUT2D eigenvalue weighted by Crippen LogP contribution is 2.22. The minimum Gasteiger partial charge on any atom is -0.497 e. The van der Waals surface area contributed by atoms with E-state index in [-0.39, 0.29) is 5.57 Å². The zero-order chi connectivity index (χ0) is 18.1. The summed E-state index contributed by atoms with van der Waals surface area (Å²) in [5.41, 5.74) is 1.24. The third-order valence-corrected chi connectivity index (χ3v) is 3.37. The maximum Gasteiger partial charge on any atom is 0.266 e. The number of anilines is 1. The first-order valence-electron chi connectivity index (χ1n) is 7.97. The molecule has 0 aliphatic carbocycles. The van der Waals surface area contributed by atoms with Crippen LogP contribution in [0.5, 0.6) is 11.5 Å². The number of carbonyl (C=O) groups is 1. The molecule has 0 fully saturated rings. The molecule has 2 rings (SSSR count). The van der Waals surface area contributed by atoms with Gasteiger partial charge in [0, 0.05) is 17.3 Å². The van der Waals surface area contributed by atoms with Crippen molar-refractivity contribution in [1.29, 1.82) is 5.26 Å². The van der Waals surface area contributed by atoms with E-state index in [1.165, 1.54) is 6.08 Å². The van der Waals surface area contributed by atoms with Crippen LogP contribution in [-0.4, -0.2) is 19.6 Å². The fraction of sp³-hybridized carbons (Fsp3) is 0.200. The summed E-state index contributed by atoms with van der Waals surface area (Å²) in [4.78, 5) is 12.4. The number of rotatable bonds is 7. The lowest BCUT2D eigenvalue weighted by Crippen LogP contribution is -2.13. The molecule has 128 valence electrons. The average Bonchev–Trinajstić information content (AvgIpc) is 2.65. The Hall–Kier alpha value is -3.26. The van der Waals surface area contributed by atoms with Crippen molar-refractivity contribution < 1.29 is 14.3 Å². The zero-order valence-electron chi connectivity index (χ0n) is 14.3. The molecule has 0 aromatic heterocycles. The summed E-state index contributed by atoms with van der Waals surface area (Å²) in [5.74, 6) is 0.783. The van der Waals surface area contributed by atoms with E-state index >= 15 is 0 Å². The normalized spacial score (nSPS) is 10.7. The second kappa shape index (κ2) is 9.14. The van der Waals surface area contributed by atoms with E-state index < -0.39 is 5.91 Å². The van der Waals surface area contributed by atoms with Gasteiger partial charge in [0.1, 0.15) is 23.1 Å². The maximum atomic E-state index is 12.4. The predicted octanol–water partition coefficient (Wildman–Crippen LogP) is 4.03. The van der Waals surface area contributed by atoms with Crippen molar-refractivity contribution in [3.05, 3.63) is 59.7 Å². The largest absolute Gasteiger partial charge is 0.497 e. The standard InChI is InChI=1S/C20H20N2O3/c1-3-11-25-19-10-5-4-7-15(19)12-16(14-21)20(23)22-17-8-6-9-18(13-17)24-2/h4-10,12-13H,3,11H2,1-2H3,(H,22,23)/b16-12+. The molecule has 25 heavy (non-hydrogen) atoms. The van der Waals surface area contributed by atoms with Crippen LogP contribution >= 0.6 is 0 Å². The second-order valence-electron chi connectivity index (χ2n) is 5.24. The van der Waals surface area contributed by atoms with Crippen molar-refractivity contribution in [3.8, 4) is 17.6 Å². The third-order valence-electron chi connectivity index (χ3n) is 3.37. The van der Waals surface area contributed by atoms with Gasteiger partial charge in [-0.05, 0) is 30.7 Å². The van der Waals surface area contributed by atoms with E-state index in [2.05, 4.69) is 5.32 Å². The Kier molecular flexibility index (Phi) is 6.61. The maximum absolute atomic E-state index is 12.4. The number of hydrogen-bond donors (Lipinski definition) is 1. The number of nitriles is 1. The van der Waals surface area contributed by atoms with Crippen molar-refractivity contribution in [2.24, 2.45) is 0 Å². The van der Waals surface area contributed by atoms with Crippen LogP contribution in [0.2, 0.25) is 0 Å². The molecule has 2 aromatic rings. The molecule has 0 atom stereocenters. The SMILES string of the molecule is CCCOc1ccccc1/C=C(\C#N)C(=O)Nc1cccc(OC)c1. The highest BCUT2D eigenvalue weighted by Gasteiger charge is 2.11. The van der Waals surface area contributed by atoms with Gasteiger partial charge in [-0.1, -0.05) is 31.2 Å². The molecular formula is C20H20N2O3. The molecule has 0 spiro atoms. The highest BCUT2D eigenvalue weighted by atomic mass is 16.5. The number of benzene rings is 2. The van der Waals surface area contributed by atoms with E-state index in [0.717, 1.165) is 6.42 Å². The summed E-state index contributed by atoms with van der Waals surface area (Å²) in [6, 6.07) is 16.2. The molecule has 5 nitrogen and oxygen atoms in total. The van der Waals surface area contributed by atoms with Gasteiger partial charge in [-0.25, -0.2) is 0 Å². The molecule has 1 N–H and O–H groups in total. The fourth-order valence-electron chi connectivity index (χ4n) is 2.15. The third kappa shape index (κ3) is 5.11. The zero-order valence-corrected chi connectivity index (χ0v) is 14.3. The van der Waals surface area contributed by atoms with Gasteiger partial charge in [0.15, 0.2) is 0 Å². The lowest BCUT2D eigenvalue weighted by molar-refractivity contribution is -0.112. The van der Waals surface area contributed by atoms with Crippen LogP contribution in [0.4, 0.5) is 5.69 Å². The monoisotopic (exact) mass is 336 g/mol. The molecular weight excluding hydrogens is 316 g/mol. The number of carbonyl (C=O) groups excluding carboxylic acids is 1.